The third-order valence-electron chi connectivity index (χ3n) is 4.47. The molecular weight excluding hydrogens is 267 g/mol. The predicted molar refractivity (Wildman–Crippen MR) is 84.1 cm³/mol. The van der Waals surface area contributed by atoms with Crippen molar-refractivity contribution in [3.05, 3.63) is 23.3 Å². The highest BCUT2D eigenvalue weighted by Crippen LogP contribution is 2.37. The maximum absolute atomic E-state index is 6.12. The first kappa shape index (κ1) is 16.3. The minimum Gasteiger partial charge on any atom is -0.468 e. The lowest BCUT2D eigenvalue weighted by atomic mass is 9.77. The van der Waals surface area contributed by atoms with Crippen LogP contribution in [-0.4, -0.2) is 32.2 Å². The van der Waals surface area contributed by atoms with Gasteiger partial charge in [0.05, 0.1) is 11.2 Å². The largest absolute Gasteiger partial charge is 0.498 e. The van der Waals surface area contributed by atoms with Crippen molar-refractivity contribution in [2.24, 2.45) is 0 Å². The Morgan fingerprint density at radius 1 is 1.00 bits per heavy atom. The zero-order valence-corrected chi connectivity index (χ0v) is 14.1. The van der Waals surface area contributed by atoms with Gasteiger partial charge in [-0.1, -0.05) is 6.07 Å². The van der Waals surface area contributed by atoms with E-state index in [1.165, 1.54) is 11.1 Å². The molecule has 0 unspecified atom stereocenters. The molecule has 5 heteroatoms. The van der Waals surface area contributed by atoms with Crippen molar-refractivity contribution >= 4 is 12.6 Å². The highest BCUT2D eigenvalue weighted by Gasteiger charge is 2.52. The average Bonchev–Trinajstić information content (AvgIpc) is 2.59. The van der Waals surface area contributed by atoms with E-state index < -0.39 is 7.12 Å². The number of rotatable bonds is 4. The van der Waals surface area contributed by atoms with E-state index in [4.69, 9.17) is 18.8 Å². The second-order valence-electron chi connectivity index (χ2n) is 6.61. The van der Waals surface area contributed by atoms with E-state index in [1.807, 2.05) is 33.8 Å². The van der Waals surface area contributed by atoms with Crippen LogP contribution in [0.2, 0.25) is 0 Å². The smallest absolute Gasteiger partial charge is 0.468 e. The summed E-state index contributed by atoms with van der Waals surface area (Å²) in [6.07, 6.45) is 0. The van der Waals surface area contributed by atoms with Crippen LogP contribution in [0.3, 0.4) is 0 Å². The molecule has 1 fully saturated rings. The van der Waals surface area contributed by atoms with Crippen molar-refractivity contribution in [1.29, 1.82) is 0 Å². The Kier molecular flexibility index (Phi) is 4.38. The molecule has 0 saturated carbocycles. The van der Waals surface area contributed by atoms with Crippen molar-refractivity contribution in [3.8, 4) is 5.75 Å². The molecule has 1 aromatic rings. The van der Waals surface area contributed by atoms with Gasteiger partial charge in [-0.25, -0.2) is 0 Å². The van der Waals surface area contributed by atoms with Crippen molar-refractivity contribution in [1.82, 2.24) is 0 Å². The molecule has 21 heavy (non-hydrogen) atoms. The van der Waals surface area contributed by atoms with Gasteiger partial charge in [-0.05, 0) is 58.7 Å². The van der Waals surface area contributed by atoms with Crippen molar-refractivity contribution in [2.45, 2.75) is 52.7 Å². The van der Waals surface area contributed by atoms with Gasteiger partial charge >= 0.3 is 7.12 Å². The molecule has 0 bridgehead atoms. The first-order chi connectivity index (χ1) is 9.68. The minimum atomic E-state index is -0.429. The van der Waals surface area contributed by atoms with E-state index in [1.54, 1.807) is 7.11 Å². The second-order valence-corrected chi connectivity index (χ2v) is 6.61. The summed E-state index contributed by atoms with van der Waals surface area (Å²) < 4.78 is 22.9. The molecule has 0 atom stereocenters. The standard InChI is InChI=1S/C16H25BO4/c1-11-8-13(14(9-12(11)2)19-10-18-7)17-20-15(3,4)16(5,6)21-17/h8-9H,10H2,1-7H3. The molecule has 1 aliphatic rings. The Hall–Kier alpha value is -1.04. The third kappa shape index (κ3) is 3.10. The number of hydrogen-bond acceptors (Lipinski definition) is 4. The first-order valence-electron chi connectivity index (χ1n) is 7.26. The topological polar surface area (TPSA) is 36.9 Å². The third-order valence-corrected chi connectivity index (χ3v) is 4.47. The van der Waals surface area contributed by atoms with Gasteiger partial charge in [0.2, 0.25) is 0 Å². The van der Waals surface area contributed by atoms with E-state index >= 15 is 0 Å². The summed E-state index contributed by atoms with van der Waals surface area (Å²) in [5.74, 6) is 0.749. The predicted octanol–water partition coefficient (Wildman–Crippen LogP) is 2.59. The SMILES string of the molecule is COCOc1cc(C)c(C)cc1B1OC(C)(C)C(C)(C)O1. The van der Waals surface area contributed by atoms with Gasteiger partial charge in [0.15, 0.2) is 6.79 Å². The fourth-order valence-corrected chi connectivity index (χ4v) is 2.21. The Labute approximate surface area is 127 Å². The number of ether oxygens (including phenoxy) is 2. The Balaban J connectivity index is 2.37. The molecule has 2 rings (SSSR count). The van der Waals surface area contributed by atoms with Gasteiger partial charge < -0.3 is 18.8 Å². The molecule has 0 spiro atoms. The van der Waals surface area contributed by atoms with Crippen LogP contribution in [0.4, 0.5) is 0 Å². The van der Waals surface area contributed by atoms with E-state index in [0.29, 0.717) is 0 Å². The Morgan fingerprint density at radius 3 is 2.05 bits per heavy atom. The summed E-state index contributed by atoms with van der Waals surface area (Å²) in [6.45, 7) is 12.5. The second kappa shape index (κ2) is 5.63. The Bertz CT molecular complexity index is 509. The fourth-order valence-electron chi connectivity index (χ4n) is 2.21. The number of aryl methyl sites for hydroxylation is 2. The molecule has 0 aromatic heterocycles. The van der Waals surface area contributed by atoms with Crippen LogP contribution in [0.25, 0.3) is 0 Å². The van der Waals surface area contributed by atoms with Crippen LogP contribution in [0, 0.1) is 13.8 Å². The monoisotopic (exact) mass is 292 g/mol. The van der Waals surface area contributed by atoms with Gasteiger partial charge in [-0.3, -0.25) is 0 Å². The van der Waals surface area contributed by atoms with E-state index in [2.05, 4.69) is 19.9 Å². The number of benzene rings is 1. The lowest BCUT2D eigenvalue weighted by Gasteiger charge is -2.32. The van der Waals surface area contributed by atoms with Gasteiger partial charge in [-0.15, -0.1) is 0 Å². The van der Waals surface area contributed by atoms with Gasteiger partial charge in [0.1, 0.15) is 5.75 Å². The highest BCUT2D eigenvalue weighted by molar-refractivity contribution is 6.63. The van der Waals surface area contributed by atoms with E-state index in [0.717, 1.165) is 11.2 Å². The molecule has 1 aliphatic heterocycles. The Morgan fingerprint density at radius 2 is 1.52 bits per heavy atom. The van der Waals surface area contributed by atoms with E-state index in [-0.39, 0.29) is 18.0 Å². The molecule has 116 valence electrons. The molecule has 1 heterocycles. The van der Waals surface area contributed by atoms with E-state index in [9.17, 15) is 0 Å². The quantitative estimate of drug-likeness (QED) is 0.631. The van der Waals surface area contributed by atoms with Crippen LogP contribution in [-0.2, 0) is 14.0 Å². The summed E-state index contributed by atoms with van der Waals surface area (Å²) in [5.41, 5.74) is 2.53. The molecule has 0 aliphatic carbocycles. The van der Waals surface area contributed by atoms with Gasteiger partial charge in [0, 0.05) is 12.6 Å². The van der Waals surface area contributed by atoms with Crippen molar-refractivity contribution < 1.29 is 18.8 Å². The maximum atomic E-state index is 6.12. The molecular formula is C16H25BO4. The summed E-state index contributed by atoms with van der Waals surface area (Å²) in [6, 6.07) is 4.08. The normalized spacial score (nSPS) is 19.9. The minimum absolute atomic E-state index is 0.203. The lowest BCUT2D eigenvalue weighted by Crippen LogP contribution is -2.41. The summed E-state index contributed by atoms with van der Waals surface area (Å²) >= 11 is 0. The molecule has 0 N–H and O–H groups in total. The van der Waals surface area contributed by atoms with Crippen LogP contribution in [0.1, 0.15) is 38.8 Å². The lowest BCUT2D eigenvalue weighted by molar-refractivity contribution is 0.00578. The van der Waals surface area contributed by atoms with Crippen LogP contribution in [0.15, 0.2) is 12.1 Å². The highest BCUT2D eigenvalue weighted by atomic mass is 16.7. The summed E-state index contributed by atoms with van der Waals surface area (Å²) in [7, 11) is 1.18. The van der Waals surface area contributed by atoms with Gasteiger partial charge in [0.25, 0.3) is 0 Å². The zero-order chi connectivity index (χ0) is 15.8. The molecule has 4 nitrogen and oxygen atoms in total. The molecule has 0 radical (unpaired) electrons. The van der Waals surface area contributed by atoms with Crippen LogP contribution in [0.5, 0.6) is 5.75 Å². The molecule has 1 saturated heterocycles. The fraction of sp³-hybridized carbons (Fsp3) is 0.625. The number of methoxy groups -OCH3 is 1. The number of hydrogen-bond donors (Lipinski definition) is 0. The maximum Gasteiger partial charge on any atom is 0.498 e. The van der Waals surface area contributed by atoms with Crippen LogP contribution >= 0.6 is 0 Å². The average molecular weight is 292 g/mol. The van der Waals surface area contributed by atoms with Crippen LogP contribution < -0.4 is 10.2 Å². The molecule has 0 amide bonds. The zero-order valence-electron chi connectivity index (χ0n) is 14.1. The van der Waals surface area contributed by atoms with Crippen molar-refractivity contribution in [3.63, 3.8) is 0 Å². The van der Waals surface area contributed by atoms with Crippen molar-refractivity contribution in [2.75, 3.05) is 13.9 Å². The summed E-state index contributed by atoms with van der Waals surface area (Å²) in [5, 5.41) is 0. The summed E-state index contributed by atoms with van der Waals surface area (Å²) in [4.78, 5) is 0. The molecule has 1 aromatic carbocycles. The van der Waals surface area contributed by atoms with Gasteiger partial charge in [-0.2, -0.15) is 0 Å². The first-order valence-corrected chi connectivity index (χ1v) is 7.26.